The topological polar surface area (TPSA) is 77.7 Å². The van der Waals surface area contributed by atoms with E-state index in [1.807, 2.05) is 6.07 Å². The first-order valence-electron chi connectivity index (χ1n) is 10.8. The van der Waals surface area contributed by atoms with E-state index >= 15 is 0 Å². The van der Waals surface area contributed by atoms with Crippen molar-refractivity contribution in [3.05, 3.63) is 102 Å². The summed E-state index contributed by atoms with van der Waals surface area (Å²) in [6, 6.07) is 31.8. The van der Waals surface area contributed by atoms with Crippen molar-refractivity contribution in [3.8, 4) is 33.8 Å². The molecule has 6 heteroatoms. The predicted octanol–water partition coefficient (Wildman–Crippen LogP) is 6.14. The highest BCUT2D eigenvalue weighted by molar-refractivity contribution is 7.80. The van der Waals surface area contributed by atoms with Crippen molar-refractivity contribution in [1.29, 1.82) is 0 Å². The third-order valence-electron chi connectivity index (χ3n) is 5.40. The van der Waals surface area contributed by atoms with Crippen LogP contribution < -0.4 is 0 Å². The largest absolute Gasteiger partial charge is 0.726 e. The van der Waals surface area contributed by atoms with Crippen LogP contribution in [0.4, 0.5) is 0 Å². The zero-order valence-electron chi connectivity index (χ0n) is 18.2. The van der Waals surface area contributed by atoms with Crippen LogP contribution in [0.3, 0.4) is 0 Å². The van der Waals surface area contributed by atoms with Crippen molar-refractivity contribution in [2.24, 2.45) is 0 Å². The van der Waals surface area contributed by atoms with Crippen molar-refractivity contribution in [1.82, 2.24) is 0 Å². The number of rotatable bonds is 4. The van der Waals surface area contributed by atoms with Gasteiger partial charge in [0.15, 0.2) is 0 Å². The summed E-state index contributed by atoms with van der Waals surface area (Å²) in [7, 11) is -4.42. The molecule has 33 heavy (non-hydrogen) atoms. The second-order valence-electron chi connectivity index (χ2n) is 7.54. The van der Waals surface area contributed by atoms with Gasteiger partial charge in [-0.05, 0) is 49.1 Å². The van der Waals surface area contributed by atoms with Gasteiger partial charge in [0.1, 0.15) is 0 Å². The summed E-state index contributed by atoms with van der Waals surface area (Å²) in [5.74, 6) is 1.94. The Balaban J connectivity index is 0.000000325. The van der Waals surface area contributed by atoms with E-state index < -0.39 is 10.4 Å². The minimum Gasteiger partial charge on any atom is -0.726 e. The van der Waals surface area contributed by atoms with Gasteiger partial charge in [0.25, 0.3) is 0 Å². The minimum absolute atomic E-state index is 0.0914. The average molecular weight is 461 g/mol. The summed E-state index contributed by atoms with van der Waals surface area (Å²) in [6.45, 7) is 1.33. The van der Waals surface area contributed by atoms with Gasteiger partial charge in [0.05, 0.1) is 29.4 Å². The second kappa shape index (κ2) is 10.1. The molecule has 3 aromatic carbocycles. The molecule has 0 bridgehead atoms. The Kier molecular flexibility index (Phi) is 6.99. The Morgan fingerprint density at radius 1 is 0.818 bits per heavy atom. The van der Waals surface area contributed by atoms with E-state index in [2.05, 4.69) is 89.1 Å². The first kappa shape index (κ1) is 22.9. The van der Waals surface area contributed by atoms with E-state index in [1.54, 1.807) is 0 Å². The third-order valence-corrected chi connectivity index (χ3v) is 5.92. The molecule has 0 unspecified atom stereocenters. The van der Waals surface area contributed by atoms with E-state index in [0.717, 1.165) is 29.9 Å². The second-order valence-corrected chi connectivity index (χ2v) is 8.59. The van der Waals surface area contributed by atoms with Gasteiger partial charge in [-0.15, -0.1) is 0 Å². The predicted molar refractivity (Wildman–Crippen MR) is 128 cm³/mol. The lowest BCUT2D eigenvalue weighted by molar-refractivity contribution is 0.275. The minimum atomic E-state index is -4.42. The van der Waals surface area contributed by atoms with Gasteiger partial charge >= 0.3 is 11.5 Å². The quantitative estimate of drug-likeness (QED) is 0.208. The molecule has 4 aromatic rings. The molecule has 0 saturated carbocycles. The lowest BCUT2D eigenvalue weighted by atomic mass is 9.85. The molecule has 1 aliphatic rings. The molecule has 0 fully saturated rings. The molecule has 1 heterocycles. The number of aryl methyl sites for hydroxylation is 1. The maximum absolute atomic E-state index is 9.45. The zero-order valence-corrected chi connectivity index (χ0v) is 19.0. The maximum Gasteiger partial charge on any atom is 0.364 e. The van der Waals surface area contributed by atoms with E-state index in [-0.39, 0.29) is 6.61 Å². The fourth-order valence-corrected chi connectivity index (χ4v) is 4.28. The maximum atomic E-state index is 9.45. The summed E-state index contributed by atoms with van der Waals surface area (Å²) in [5, 5.41) is 0. The lowest BCUT2D eigenvalue weighted by Gasteiger charge is -2.16. The Bertz CT molecular complexity index is 1320. The molecule has 0 aliphatic heterocycles. The first-order valence-corrected chi connectivity index (χ1v) is 12.1. The van der Waals surface area contributed by atoms with Crippen LogP contribution in [0.25, 0.3) is 33.8 Å². The van der Waals surface area contributed by atoms with Gasteiger partial charge < -0.3 is 4.55 Å². The van der Waals surface area contributed by atoms with E-state index in [9.17, 15) is 13.0 Å². The molecule has 0 radical (unpaired) electrons. The van der Waals surface area contributed by atoms with Crippen molar-refractivity contribution in [2.75, 3.05) is 6.61 Å². The molecule has 168 valence electrons. The van der Waals surface area contributed by atoms with Crippen LogP contribution in [0.5, 0.6) is 0 Å². The van der Waals surface area contributed by atoms with E-state index in [0.29, 0.717) is 0 Å². The molecule has 0 spiro atoms. The van der Waals surface area contributed by atoms with Gasteiger partial charge in [0, 0.05) is 5.56 Å². The van der Waals surface area contributed by atoms with Crippen LogP contribution in [0.2, 0.25) is 0 Å². The number of benzene rings is 3. The standard InChI is InChI=1S/C25H19O.C2H6O4S/c1-3-9-18(10-4-1)23-17-24(20-12-5-2-6-13-20)26-25-21-14-8-7-11-19(21)15-16-22(23)25;1-2-6-7(3,4)5/h1-14,17H,15-16H2;2H2,1H3,(H,3,4,5)/q+1;/p-1. The van der Waals surface area contributed by atoms with E-state index in [4.69, 9.17) is 4.42 Å². The van der Waals surface area contributed by atoms with Gasteiger partial charge in [0.2, 0.25) is 10.4 Å². The fourth-order valence-electron chi connectivity index (χ4n) is 3.99. The van der Waals surface area contributed by atoms with Crippen molar-refractivity contribution >= 4 is 10.4 Å². The van der Waals surface area contributed by atoms with Crippen LogP contribution in [0.1, 0.15) is 18.1 Å². The number of hydrogen-bond acceptors (Lipinski definition) is 4. The lowest BCUT2D eigenvalue weighted by Crippen LogP contribution is -2.06. The highest BCUT2D eigenvalue weighted by atomic mass is 32.3. The van der Waals surface area contributed by atoms with Crippen molar-refractivity contribution < 1.29 is 21.6 Å². The summed E-state index contributed by atoms with van der Waals surface area (Å²) in [4.78, 5) is 0. The summed E-state index contributed by atoms with van der Waals surface area (Å²) >= 11 is 0. The highest BCUT2D eigenvalue weighted by Crippen LogP contribution is 2.41. The van der Waals surface area contributed by atoms with Crippen LogP contribution >= 0.6 is 0 Å². The monoisotopic (exact) mass is 460 g/mol. The van der Waals surface area contributed by atoms with Gasteiger partial charge in [-0.1, -0.05) is 66.7 Å². The van der Waals surface area contributed by atoms with Crippen LogP contribution in [-0.4, -0.2) is 19.6 Å². The third kappa shape index (κ3) is 5.54. The zero-order chi connectivity index (χ0) is 23.3. The first-order chi connectivity index (χ1) is 16.0. The number of fused-ring (bicyclic) bond motifs is 3. The smallest absolute Gasteiger partial charge is 0.364 e. The van der Waals surface area contributed by atoms with Crippen molar-refractivity contribution in [3.63, 3.8) is 0 Å². The molecule has 5 nitrogen and oxygen atoms in total. The Morgan fingerprint density at radius 2 is 1.42 bits per heavy atom. The molecular formula is C27H24O5S. The van der Waals surface area contributed by atoms with Crippen LogP contribution in [-0.2, 0) is 27.4 Å². The normalized spacial score (nSPS) is 12.2. The molecule has 0 amide bonds. The highest BCUT2D eigenvalue weighted by Gasteiger charge is 2.31. The van der Waals surface area contributed by atoms with Crippen LogP contribution in [0.15, 0.2) is 95.4 Å². The molecular weight excluding hydrogens is 436 g/mol. The fraction of sp³-hybridized carbons (Fsp3) is 0.148. The summed E-state index contributed by atoms with van der Waals surface area (Å²) in [6.07, 6.45) is 2.07. The molecule has 0 atom stereocenters. The van der Waals surface area contributed by atoms with E-state index in [1.165, 1.54) is 34.7 Å². The average Bonchev–Trinajstić information content (AvgIpc) is 2.84. The molecule has 1 aromatic heterocycles. The Labute approximate surface area is 194 Å². The molecule has 5 rings (SSSR count). The van der Waals surface area contributed by atoms with Gasteiger partial charge in [-0.25, -0.2) is 12.8 Å². The summed E-state index contributed by atoms with van der Waals surface area (Å²) < 4.78 is 38.5. The molecule has 0 N–H and O–H groups in total. The Morgan fingerprint density at radius 3 is 2.03 bits per heavy atom. The van der Waals surface area contributed by atoms with Crippen molar-refractivity contribution in [2.45, 2.75) is 19.8 Å². The SMILES string of the molecule is CCOS(=O)(=O)[O-].c1ccc(-c2cc(-c3ccccc3)c3c([o+]2)-c2ccccc2CC3)cc1. The Hall–Kier alpha value is -3.32. The summed E-state index contributed by atoms with van der Waals surface area (Å²) in [5.41, 5.74) is 7.54. The molecule has 1 aliphatic carbocycles. The number of hydrogen-bond donors (Lipinski definition) is 0. The van der Waals surface area contributed by atoms with Crippen LogP contribution in [0, 0.1) is 0 Å². The molecule has 0 saturated heterocycles. The van der Waals surface area contributed by atoms with Gasteiger partial charge in [-0.2, -0.15) is 0 Å². The van der Waals surface area contributed by atoms with Gasteiger partial charge in [-0.3, -0.25) is 4.18 Å².